The zero-order chi connectivity index (χ0) is 15.2. The normalized spacial score (nSPS) is 27.9. The molecule has 0 radical (unpaired) electrons. The molecule has 21 heavy (non-hydrogen) atoms. The van der Waals surface area contributed by atoms with Crippen LogP contribution in [0.4, 0.5) is 0 Å². The predicted molar refractivity (Wildman–Crippen MR) is 88.2 cm³/mol. The summed E-state index contributed by atoms with van der Waals surface area (Å²) >= 11 is 0. The van der Waals surface area contributed by atoms with Crippen LogP contribution in [0.25, 0.3) is 0 Å². The summed E-state index contributed by atoms with van der Waals surface area (Å²) < 4.78 is 18.1. The smallest absolute Gasteiger partial charge is 0.101 e. The van der Waals surface area contributed by atoms with Gasteiger partial charge in [-0.3, -0.25) is 0 Å². The summed E-state index contributed by atoms with van der Waals surface area (Å²) in [6.45, 7) is 6.82. The quantitative estimate of drug-likeness (QED) is 0.734. The van der Waals surface area contributed by atoms with Crippen LogP contribution < -0.4 is 0 Å². The van der Waals surface area contributed by atoms with Crippen LogP contribution in [0.15, 0.2) is 46.9 Å². The highest BCUT2D eigenvalue weighted by molar-refractivity contribution is 7.88. The molecule has 1 aromatic rings. The van der Waals surface area contributed by atoms with Crippen molar-refractivity contribution in [3.05, 3.63) is 42.0 Å². The van der Waals surface area contributed by atoms with Gasteiger partial charge in [-0.05, 0) is 42.7 Å². The van der Waals surface area contributed by atoms with Gasteiger partial charge in [0.1, 0.15) is 6.10 Å². The van der Waals surface area contributed by atoms with E-state index in [-0.39, 0.29) is 6.10 Å². The summed E-state index contributed by atoms with van der Waals surface area (Å²) in [6, 6.07) is 9.48. The molecule has 0 bridgehead atoms. The van der Waals surface area contributed by atoms with Gasteiger partial charge in [0.25, 0.3) is 0 Å². The molecule has 2 nitrogen and oxygen atoms in total. The lowest BCUT2D eigenvalue weighted by molar-refractivity contribution is 0.0138. The van der Waals surface area contributed by atoms with Crippen molar-refractivity contribution in [2.24, 2.45) is 17.8 Å². The van der Waals surface area contributed by atoms with E-state index >= 15 is 0 Å². The maximum absolute atomic E-state index is 12.1. The van der Waals surface area contributed by atoms with E-state index in [4.69, 9.17) is 4.74 Å². The molecule has 2 rings (SSSR count). The van der Waals surface area contributed by atoms with E-state index in [9.17, 15) is 4.21 Å². The van der Waals surface area contributed by atoms with E-state index in [2.05, 4.69) is 20.8 Å². The van der Waals surface area contributed by atoms with Crippen molar-refractivity contribution in [2.45, 2.75) is 51.0 Å². The first kappa shape index (κ1) is 16.3. The van der Waals surface area contributed by atoms with Crippen molar-refractivity contribution in [3.8, 4) is 0 Å². The Morgan fingerprint density at radius 3 is 2.62 bits per heavy atom. The first-order chi connectivity index (χ1) is 10.1. The lowest BCUT2D eigenvalue weighted by atomic mass is 9.75. The van der Waals surface area contributed by atoms with E-state index in [0.717, 1.165) is 17.2 Å². The van der Waals surface area contributed by atoms with Gasteiger partial charge in [-0.1, -0.05) is 45.4 Å². The zero-order valence-corrected chi connectivity index (χ0v) is 14.0. The summed E-state index contributed by atoms with van der Waals surface area (Å²) in [5.74, 6) is 1.96. The molecule has 116 valence electrons. The fraction of sp³-hybridized carbons (Fsp3) is 0.556. The SMILES string of the molecule is CC(C)[C@@H]1CC[C@@H](C)C[C@H]1O/C=C/S(=O)c1ccccc1. The Kier molecular flexibility index (Phi) is 6.04. The predicted octanol–water partition coefficient (Wildman–Crippen LogP) is 4.74. The van der Waals surface area contributed by atoms with E-state index in [0.29, 0.717) is 11.8 Å². The molecule has 3 heteroatoms. The molecule has 0 amide bonds. The van der Waals surface area contributed by atoms with Crippen molar-refractivity contribution in [2.75, 3.05) is 0 Å². The van der Waals surface area contributed by atoms with Crippen molar-refractivity contribution >= 4 is 10.8 Å². The van der Waals surface area contributed by atoms with Gasteiger partial charge in [0.15, 0.2) is 0 Å². The van der Waals surface area contributed by atoms with E-state index in [1.54, 1.807) is 11.7 Å². The van der Waals surface area contributed by atoms with Crippen LogP contribution in [-0.4, -0.2) is 10.3 Å². The lowest BCUT2D eigenvalue weighted by Crippen LogP contribution is -2.33. The molecule has 0 aromatic heterocycles. The summed E-state index contributed by atoms with van der Waals surface area (Å²) in [5, 5.41) is 1.66. The second-order valence-electron chi connectivity index (χ2n) is 6.38. The van der Waals surface area contributed by atoms with Crippen LogP contribution in [0.2, 0.25) is 0 Å². The molecule has 1 aliphatic rings. The molecular weight excluding hydrogens is 280 g/mol. The van der Waals surface area contributed by atoms with E-state index in [1.807, 2.05) is 30.3 Å². The van der Waals surface area contributed by atoms with Crippen molar-refractivity contribution in [3.63, 3.8) is 0 Å². The standard InChI is InChI=1S/C18H26O2S/c1-14(2)17-10-9-15(3)13-18(17)20-11-12-21(19)16-7-5-4-6-8-16/h4-8,11-12,14-15,17-18H,9-10,13H2,1-3H3/b12-11+/t15-,17+,18-,21?/m1/s1. The van der Waals surface area contributed by atoms with Crippen LogP contribution in [0, 0.1) is 17.8 Å². The molecule has 4 atom stereocenters. The second kappa shape index (κ2) is 7.79. The minimum atomic E-state index is -1.12. The minimum Gasteiger partial charge on any atom is -0.497 e. The third kappa shape index (κ3) is 4.70. The van der Waals surface area contributed by atoms with Gasteiger partial charge in [-0.2, -0.15) is 0 Å². The van der Waals surface area contributed by atoms with E-state index < -0.39 is 10.8 Å². The van der Waals surface area contributed by atoms with Gasteiger partial charge in [-0.25, -0.2) is 4.21 Å². The Labute approximate surface area is 131 Å². The average molecular weight is 306 g/mol. The van der Waals surface area contributed by atoms with Gasteiger partial charge >= 0.3 is 0 Å². The zero-order valence-electron chi connectivity index (χ0n) is 13.2. The average Bonchev–Trinajstić information content (AvgIpc) is 2.48. The van der Waals surface area contributed by atoms with Crippen LogP contribution in [0.1, 0.15) is 40.0 Å². The van der Waals surface area contributed by atoms with Crippen molar-refractivity contribution in [1.29, 1.82) is 0 Å². The highest BCUT2D eigenvalue weighted by Crippen LogP contribution is 2.35. The molecule has 1 unspecified atom stereocenters. The highest BCUT2D eigenvalue weighted by atomic mass is 32.2. The summed E-state index contributed by atoms with van der Waals surface area (Å²) in [5.41, 5.74) is 0. The van der Waals surface area contributed by atoms with Crippen LogP contribution in [-0.2, 0) is 15.5 Å². The molecule has 1 fully saturated rings. The molecule has 0 N–H and O–H groups in total. The van der Waals surface area contributed by atoms with Crippen LogP contribution >= 0.6 is 0 Å². The van der Waals surface area contributed by atoms with Gasteiger partial charge in [-0.15, -0.1) is 0 Å². The largest absolute Gasteiger partial charge is 0.497 e. The Morgan fingerprint density at radius 1 is 1.24 bits per heavy atom. The number of hydrogen-bond acceptors (Lipinski definition) is 2. The first-order valence-corrected chi connectivity index (χ1v) is 9.07. The van der Waals surface area contributed by atoms with Crippen molar-refractivity contribution in [1.82, 2.24) is 0 Å². The third-order valence-corrected chi connectivity index (χ3v) is 5.46. The summed E-state index contributed by atoms with van der Waals surface area (Å²) in [6.07, 6.45) is 5.55. The molecule has 0 saturated heterocycles. The molecule has 0 spiro atoms. The fourth-order valence-electron chi connectivity index (χ4n) is 3.09. The van der Waals surface area contributed by atoms with Gasteiger partial charge in [0, 0.05) is 10.3 Å². The first-order valence-electron chi connectivity index (χ1n) is 7.85. The second-order valence-corrected chi connectivity index (χ2v) is 7.72. The van der Waals surface area contributed by atoms with Gasteiger partial charge < -0.3 is 4.74 Å². The van der Waals surface area contributed by atoms with Crippen molar-refractivity contribution < 1.29 is 8.95 Å². The molecule has 0 aliphatic heterocycles. The Morgan fingerprint density at radius 2 is 1.95 bits per heavy atom. The fourth-order valence-corrected chi connectivity index (χ4v) is 3.84. The minimum absolute atomic E-state index is 0.262. The van der Waals surface area contributed by atoms with Gasteiger partial charge in [0.2, 0.25) is 0 Å². The third-order valence-electron chi connectivity index (χ3n) is 4.37. The van der Waals surface area contributed by atoms with E-state index in [1.165, 1.54) is 12.8 Å². The Bertz CT molecular complexity index is 481. The molecule has 0 heterocycles. The molecular formula is C18H26O2S. The summed E-state index contributed by atoms with van der Waals surface area (Å²) in [4.78, 5) is 0.815. The molecule has 1 aromatic carbocycles. The maximum atomic E-state index is 12.1. The Hall–Kier alpha value is -1.09. The maximum Gasteiger partial charge on any atom is 0.101 e. The number of hydrogen-bond donors (Lipinski definition) is 0. The highest BCUT2D eigenvalue weighted by Gasteiger charge is 2.31. The lowest BCUT2D eigenvalue weighted by Gasteiger charge is -2.36. The van der Waals surface area contributed by atoms with Gasteiger partial charge in [0.05, 0.1) is 17.1 Å². The number of benzene rings is 1. The molecule has 1 saturated carbocycles. The summed E-state index contributed by atoms with van der Waals surface area (Å²) in [7, 11) is -1.12. The monoisotopic (exact) mass is 306 g/mol. The Balaban J connectivity index is 1.93. The van der Waals surface area contributed by atoms with Crippen LogP contribution in [0.3, 0.4) is 0 Å². The number of ether oxygens (including phenoxy) is 1. The number of rotatable bonds is 5. The van der Waals surface area contributed by atoms with Crippen LogP contribution in [0.5, 0.6) is 0 Å². The molecule has 1 aliphatic carbocycles. The topological polar surface area (TPSA) is 26.3 Å².